The smallest absolute Gasteiger partial charge is 0.251 e. The quantitative estimate of drug-likeness (QED) is 0.854. The number of aromatic nitrogens is 1. The molecule has 0 radical (unpaired) electrons. The SMILES string of the molecule is Cn1cc(C2CCN(C(=O)C3CCCO3)CC2)c2ccccc21. The van der Waals surface area contributed by atoms with Crippen LogP contribution in [0.15, 0.2) is 30.5 Å². The number of aryl methyl sites for hydroxylation is 1. The van der Waals surface area contributed by atoms with Crippen molar-refractivity contribution in [2.24, 2.45) is 7.05 Å². The van der Waals surface area contributed by atoms with Gasteiger partial charge in [0, 0.05) is 43.8 Å². The predicted molar refractivity (Wildman–Crippen MR) is 90.4 cm³/mol. The zero-order chi connectivity index (χ0) is 15.8. The number of benzene rings is 1. The number of fused-ring (bicyclic) bond motifs is 1. The van der Waals surface area contributed by atoms with E-state index in [2.05, 4.69) is 42.1 Å². The monoisotopic (exact) mass is 312 g/mol. The van der Waals surface area contributed by atoms with Gasteiger partial charge in [-0.25, -0.2) is 0 Å². The Morgan fingerprint density at radius 2 is 1.96 bits per heavy atom. The number of ether oxygens (including phenoxy) is 1. The molecule has 122 valence electrons. The first-order chi connectivity index (χ1) is 11.2. The predicted octanol–water partition coefficient (Wildman–Crippen LogP) is 3.06. The molecule has 4 rings (SSSR count). The number of hydrogen-bond donors (Lipinski definition) is 0. The highest BCUT2D eigenvalue weighted by atomic mass is 16.5. The van der Waals surface area contributed by atoms with Crippen LogP contribution in [0.3, 0.4) is 0 Å². The third-order valence-corrected chi connectivity index (χ3v) is 5.38. The number of amides is 1. The molecule has 1 unspecified atom stereocenters. The molecule has 2 aliphatic heterocycles. The number of para-hydroxylation sites is 1. The van der Waals surface area contributed by atoms with Crippen molar-refractivity contribution in [2.75, 3.05) is 19.7 Å². The molecule has 1 aromatic heterocycles. The summed E-state index contributed by atoms with van der Waals surface area (Å²) in [5.41, 5.74) is 2.73. The van der Waals surface area contributed by atoms with E-state index in [9.17, 15) is 4.79 Å². The van der Waals surface area contributed by atoms with Crippen LogP contribution < -0.4 is 0 Å². The molecule has 0 bridgehead atoms. The molecule has 0 spiro atoms. The first-order valence-corrected chi connectivity index (χ1v) is 8.68. The lowest BCUT2D eigenvalue weighted by molar-refractivity contribution is -0.142. The van der Waals surface area contributed by atoms with E-state index in [1.165, 1.54) is 16.5 Å². The zero-order valence-electron chi connectivity index (χ0n) is 13.7. The Hall–Kier alpha value is -1.81. The normalized spacial score (nSPS) is 22.8. The van der Waals surface area contributed by atoms with E-state index in [0.717, 1.165) is 45.4 Å². The lowest BCUT2D eigenvalue weighted by Gasteiger charge is -2.33. The molecule has 2 aliphatic rings. The number of nitrogens with zero attached hydrogens (tertiary/aromatic N) is 2. The maximum Gasteiger partial charge on any atom is 0.251 e. The van der Waals surface area contributed by atoms with E-state index in [1.807, 2.05) is 4.90 Å². The standard InChI is InChI=1S/C19H24N2O2/c1-20-13-16(15-5-2-3-6-17(15)20)14-8-10-21(11-9-14)19(22)18-7-4-12-23-18/h2-3,5-6,13-14,18H,4,7-12H2,1H3. The molecule has 1 atom stereocenters. The first kappa shape index (κ1) is 14.8. The molecule has 1 amide bonds. The topological polar surface area (TPSA) is 34.5 Å². The third kappa shape index (κ3) is 2.65. The number of likely N-dealkylation sites (tertiary alicyclic amines) is 1. The molecule has 1 aromatic carbocycles. The largest absolute Gasteiger partial charge is 0.368 e. The Kier molecular flexibility index (Phi) is 3.85. The number of hydrogen-bond acceptors (Lipinski definition) is 2. The van der Waals surface area contributed by atoms with E-state index < -0.39 is 0 Å². The summed E-state index contributed by atoms with van der Waals surface area (Å²) in [5.74, 6) is 0.758. The lowest BCUT2D eigenvalue weighted by atomic mass is 9.89. The van der Waals surface area contributed by atoms with Gasteiger partial charge in [0.25, 0.3) is 5.91 Å². The highest BCUT2D eigenvalue weighted by Gasteiger charge is 2.31. The van der Waals surface area contributed by atoms with Crippen LogP contribution in [0.1, 0.15) is 37.2 Å². The fourth-order valence-electron chi connectivity index (χ4n) is 4.09. The molecule has 2 saturated heterocycles. The van der Waals surface area contributed by atoms with E-state index in [1.54, 1.807) is 0 Å². The summed E-state index contributed by atoms with van der Waals surface area (Å²) in [6.07, 6.45) is 6.10. The van der Waals surface area contributed by atoms with Crippen molar-refractivity contribution in [1.82, 2.24) is 9.47 Å². The van der Waals surface area contributed by atoms with E-state index in [-0.39, 0.29) is 12.0 Å². The van der Waals surface area contributed by atoms with Crippen LogP contribution in [-0.4, -0.2) is 41.2 Å². The van der Waals surface area contributed by atoms with Crippen LogP contribution in [-0.2, 0) is 16.6 Å². The minimum absolute atomic E-state index is 0.177. The molecular formula is C19H24N2O2. The van der Waals surface area contributed by atoms with Crippen molar-refractivity contribution in [3.63, 3.8) is 0 Å². The second-order valence-corrected chi connectivity index (χ2v) is 6.81. The second kappa shape index (κ2) is 6.00. The van der Waals surface area contributed by atoms with Gasteiger partial charge in [-0.2, -0.15) is 0 Å². The van der Waals surface area contributed by atoms with Gasteiger partial charge < -0.3 is 14.2 Å². The minimum Gasteiger partial charge on any atom is -0.368 e. The second-order valence-electron chi connectivity index (χ2n) is 6.81. The molecule has 4 nitrogen and oxygen atoms in total. The van der Waals surface area contributed by atoms with Gasteiger partial charge in [0.05, 0.1) is 0 Å². The van der Waals surface area contributed by atoms with Gasteiger partial charge in [0.1, 0.15) is 6.10 Å². The van der Waals surface area contributed by atoms with Crippen LogP contribution in [0.25, 0.3) is 10.9 Å². The average molecular weight is 312 g/mol. The maximum absolute atomic E-state index is 12.5. The fourth-order valence-corrected chi connectivity index (χ4v) is 4.09. The molecule has 23 heavy (non-hydrogen) atoms. The van der Waals surface area contributed by atoms with Crippen LogP contribution in [0.2, 0.25) is 0 Å². The molecule has 0 aliphatic carbocycles. The molecule has 0 N–H and O–H groups in total. The zero-order valence-corrected chi connectivity index (χ0v) is 13.7. The molecule has 3 heterocycles. The van der Waals surface area contributed by atoms with Crippen molar-refractivity contribution >= 4 is 16.8 Å². The Bertz CT molecular complexity index is 707. The summed E-state index contributed by atoms with van der Waals surface area (Å²) in [6.45, 7) is 2.45. The molecule has 2 aromatic rings. The summed E-state index contributed by atoms with van der Waals surface area (Å²) >= 11 is 0. The Balaban J connectivity index is 1.47. The highest BCUT2D eigenvalue weighted by Crippen LogP contribution is 2.34. The summed E-state index contributed by atoms with van der Waals surface area (Å²) in [7, 11) is 2.11. The lowest BCUT2D eigenvalue weighted by Crippen LogP contribution is -2.43. The Morgan fingerprint density at radius 1 is 1.17 bits per heavy atom. The Morgan fingerprint density at radius 3 is 2.70 bits per heavy atom. The molecule has 4 heteroatoms. The number of rotatable bonds is 2. The van der Waals surface area contributed by atoms with Crippen LogP contribution >= 0.6 is 0 Å². The summed E-state index contributed by atoms with van der Waals surface area (Å²) in [4.78, 5) is 14.5. The molecule has 2 fully saturated rings. The Labute approximate surface area is 137 Å². The minimum atomic E-state index is -0.177. The van der Waals surface area contributed by atoms with E-state index >= 15 is 0 Å². The van der Waals surface area contributed by atoms with Crippen LogP contribution in [0, 0.1) is 0 Å². The molecule has 0 saturated carbocycles. The van der Waals surface area contributed by atoms with Crippen molar-refractivity contribution < 1.29 is 9.53 Å². The van der Waals surface area contributed by atoms with Gasteiger partial charge >= 0.3 is 0 Å². The summed E-state index contributed by atoms with van der Waals surface area (Å²) < 4.78 is 7.76. The van der Waals surface area contributed by atoms with Crippen molar-refractivity contribution in [1.29, 1.82) is 0 Å². The van der Waals surface area contributed by atoms with Crippen molar-refractivity contribution in [3.05, 3.63) is 36.0 Å². The van der Waals surface area contributed by atoms with Crippen molar-refractivity contribution in [3.8, 4) is 0 Å². The van der Waals surface area contributed by atoms with Gasteiger partial charge in [-0.3, -0.25) is 4.79 Å². The maximum atomic E-state index is 12.5. The van der Waals surface area contributed by atoms with E-state index in [4.69, 9.17) is 4.74 Å². The highest BCUT2D eigenvalue weighted by molar-refractivity contribution is 5.84. The average Bonchev–Trinajstić information content (AvgIpc) is 3.23. The third-order valence-electron chi connectivity index (χ3n) is 5.38. The fraction of sp³-hybridized carbons (Fsp3) is 0.526. The summed E-state index contributed by atoms with van der Waals surface area (Å²) in [5, 5.41) is 1.36. The first-order valence-electron chi connectivity index (χ1n) is 8.68. The number of carbonyl (C=O) groups excluding carboxylic acids is 1. The van der Waals surface area contributed by atoms with Crippen LogP contribution in [0.5, 0.6) is 0 Å². The van der Waals surface area contributed by atoms with Crippen LogP contribution in [0.4, 0.5) is 0 Å². The van der Waals surface area contributed by atoms with Gasteiger partial charge in [-0.1, -0.05) is 18.2 Å². The van der Waals surface area contributed by atoms with E-state index in [0.29, 0.717) is 5.92 Å². The van der Waals surface area contributed by atoms with Gasteiger partial charge in [0.2, 0.25) is 0 Å². The van der Waals surface area contributed by atoms with Gasteiger partial charge in [0.15, 0.2) is 0 Å². The number of piperidine rings is 1. The van der Waals surface area contributed by atoms with Gasteiger partial charge in [-0.15, -0.1) is 0 Å². The summed E-state index contributed by atoms with van der Waals surface area (Å²) in [6, 6.07) is 8.60. The van der Waals surface area contributed by atoms with Crippen molar-refractivity contribution in [2.45, 2.75) is 37.7 Å². The number of carbonyl (C=O) groups is 1. The van der Waals surface area contributed by atoms with Gasteiger partial charge in [-0.05, 0) is 43.2 Å². The molecular weight excluding hydrogens is 288 g/mol.